The second kappa shape index (κ2) is 7.00. The van der Waals surface area contributed by atoms with E-state index in [9.17, 15) is 8.42 Å². The molecule has 2 atom stereocenters. The number of methoxy groups -OCH3 is 1. The Balaban J connectivity index is 2.57. The van der Waals surface area contributed by atoms with Crippen molar-refractivity contribution in [2.45, 2.75) is 32.5 Å². The standard InChI is InChI=1S/C13H22N2O3S/c1-10(18-3)9-19(16,17)15-8-12-4-6-13(7-5-12)11(2)14/h4-7,10-11,15H,8-9,14H2,1-3H3. The fraction of sp³-hybridized carbons (Fsp3) is 0.538. The van der Waals surface area contributed by atoms with Gasteiger partial charge in [-0.1, -0.05) is 24.3 Å². The van der Waals surface area contributed by atoms with E-state index in [1.54, 1.807) is 6.92 Å². The van der Waals surface area contributed by atoms with Crippen LogP contribution in [-0.2, 0) is 21.3 Å². The lowest BCUT2D eigenvalue weighted by atomic mass is 10.1. The van der Waals surface area contributed by atoms with Crippen molar-refractivity contribution in [2.75, 3.05) is 12.9 Å². The van der Waals surface area contributed by atoms with E-state index in [2.05, 4.69) is 4.72 Å². The summed E-state index contributed by atoms with van der Waals surface area (Å²) in [6.45, 7) is 3.90. The molecule has 0 amide bonds. The first-order valence-corrected chi connectivity index (χ1v) is 7.84. The zero-order chi connectivity index (χ0) is 14.5. The third-order valence-electron chi connectivity index (χ3n) is 2.86. The molecule has 0 aromatic heterocycles. The fourth-order valence-electron chi connectivity index (χ4n) is 1.57. The van der Waals surface area contributed by atoms with Crippen LogP contribution < -0.4 is 10.5 Å². The third kappa shape index (κ3) is 5.69. The molecule has 0 radical (unpaired) electrons. The first-order valence-electron chi connectivity index (χ1n) is 6.18. The molecule has 0 heterocycles. The van der Waals surface area contributed by atoms with E-state index in [4.69, 9.17) is 10.5 Å². The number of hydrogen-bond acceptors (Lipinski definition) is 4. The van der Waals surface area contributed by atoms with E-state index >= 15 is 0 Å². The zero-order valence-corrected chi connectivity index (χ0v) is 12.4. The molecule has 108 valence electrons. The lowest BCUT2D eigenvalue weighted by molar-refractivity contribution is 0.136. The minimum absolute atomic E-state index is 0.0201. The molecule has 0 saturated carbocycles. The Kier molecular flexibility index (Phi) is 5.93. The van der Waals surface area contributed by atoms with Gasteiger partial charge in [0.15, 0.2) is 0 Å². The molecule has 1 rings (SSSR count). The van der Waals surface area contributed by atoms with E-state index in [0.717, 1.165) is 11.1 Å². The molecule has 0 bridgehead atoms. The number of ether oxygens (including phenoxy) is 1. The van der Waals surface area contributed by atoms with Gasteiger partial charge in [-0.3, -0.25) is 0 Å². The molecule has 3 N–H and O–H groups in total. The predicted molar refractivity (Wildman–Crippen MR) is 76.1 cm³/mol. The average Bonchev–Trinajstić information content (AvgIpc) is 2.36. The molecule has 0 fully saturated rings. The summed E-state index contributed by atoms with van der Waals surface area (Å²) in [5.74, 6) is -0.0403. The number of nitrogens with one attached hydrogen (secondary N) is 1. The Hall–Kier alpha value is -0.950. The Morgan fingerprint density at radius 1 is 1.26 bits per heavy atom. The molecule has 0 spiro atoms. The van der Waals surface area contributed by atoms with Crippen LogP contribution in [0.25, 0.3) is 0 Å². The van der Waals surface area contributed by atoms with Gasteiger partial charge in [-0.15, -0.1) is 0 Å². The highest BCUT2D eigenvalue weighted by atomic mass is 32.2. The van der Waals surface area contributed by atoms with E-state index in [1.807, 2.05) is 31.2 Å². The normalized spacial score (nSPS) is 15.2. The number of hydrogen-bond donors (Lipinski definition) is 2. The molecule has 1 aromatic carbocycles. The fourth-order valence-corrected chi connectivity index (χ4v) is 2.83. The molecule has 0 saturated heterocycles. The van der Waals surface area contributed by atoms with Gasteiger partial charge >= 0.3 is 0 Å². The molecule has 1 aromatic rings. The SMILES string of the molecule is COC(C)CS(=O)(=O)NCc1ccc(C(C)N)cc1. The van der Waals surface area contributed by atoms with Crippen molar-refractivity contribution in [1.29, 1.82) is 0 Å². The Morgan fingerprint density at radius 2 is 1.84 bits per heavy atom. The smallest absolute Gasteiger partial charge is 0.214 e. The zero-order valence-electron chi connectivity index (χ0n) is 11.6. The van der Waals surface area contributed by atoms with E-state index in [1.165, 1.54) is 7.11 Å². The molecule has 0 aliphatic carbocycles. The van der Waals surface area contributed by atoms with Crippen molar-refractivity contribution in [1.82, 2.24) is 4.72 Å². The highest BCUT2D eigenvalue weighted by Crippen LogP contribution is 2.11. The topological polar surface area (TPSA) is 81.4 Å². The van der Waals surface area contributed by atoms with Crippen molar-refractivity contribution < 1.29 is 13.2 Å². The Labute approximate surface area is 115 Å². The summed E-state index contributed by atoms with van der Waals surface area (Å²) in [5, 5.41) is 0. The summed E-state index contributed by atoms with van der Waals surface area (Å²) in [4.78, 5) is 0. The highest BCUT2D eigenvalue weighted by Gasteiger charge is 2.14. The first kappa shape index (κ1) is 16.1. The number of sulfonamides is 1. The highest BCUT2D eigenvalue weighted by molar-refractivity contribution is 7.89. The maximum absolute atomic E-state index is 11.7. The van der Waals surface area contributed by atoms with Crippen molar-refractivity contribution >= 4 is 10.0 Å². The average molecular weight is 286 g/mol. The summed E-state index contributed by atoms with van der Waals surface area (Å²) in [6.07, 6.45) is -0.321. The number of rotatable bonds is 7. The van der Waals surface area contributed by atoms with Crippen LogP contribution in [0.4, 0.5) is 0 Å². The molecular weight excluding hydrogens is 264 g/mol. The second-order valence-corrected chi connectivity index (χ2v) is 6.53. The molecule has 6 heteroatoms. The molecule has 0 aliphatic rings. The van der Waals surface area contributed by atoms with Crippen LogP contribution in [0.1, 0.15) is 31.0 Å². The van der Waals surface area contributed by atoms with Crippen LogP contribution in [0.15, 0.2) is 24.3 Å². The lowest BCUT2D eigenvalue weighted by Gasteiger charge is -2.12. The predicted octanol–water partition coefficient (Wildman–Crippen LogP) is 1.16. The number of nitrogens with two attached hydrogens (primary N) is 1. The summed E-state index contributed by atoms with van der Waals surface area (Å²) in [5.41, 5.74) is 7.68. The van der Waals surface area contributed by atoms with Gasteiger partial charge < -0.3 is 10.5 Å². The largest absolute Gasteiger partial charge is 0.381 e. The van der Waals surface area contributed by atoms with Crippen LogP contribution in [0.3, 0.4) is 0 Å². The Morgan fingerprint density at radius 3 is 2.32 bits per heavy atom. The van der Waals surface area contributed by atoms with Gasteiger partial charge in [0.25, 0.3) is 0 Å². The molecule has 5 nitrogen and oxygen atoms in total. The van der Waals surface area contributed by atoms with Gasteiger partial charge in [-0.2, -0.15) is 0 Å². The number of benzene rings is 1. The Bertz CT molecular complexity index is 483. The van der Waals surface area contributed by atoms with Gasteiger partial charge in [-0.25, -0.2) is 13.1 Å². The molecule has 0 aliphatic heterocycles. The second-order valence-electron chi connectivity index (χ2n) is 4.68. The molecule has 19 heavy (non-hydrogen) atoms. The first-order chi connectivity index (χ1) is 8.84. The van der Waals surface area contributed by atoms with Gasteiger partial charge in [0, 0.05) is 19.7 Å². The molecule has 2 unspecified atom stereocenters. The van der Waals surface area contributed by atoms with Crippen LogP contribution in [0.5, 0.6) is 0 Å². The summed E-state index contributed by atoms with van der Waals surface area (Å²) in [7, 11) is -1.82. The minimum Gasteiger partial charge on any atom is -0.381 e. The summed E-state index contributed by atoms with van der Waals surface area (Å²) >= 11 is 0. The third-order valence-corrected chi connectivity index (χ3v) is 4.35. The van der Waals surface area contributed by atoms with Crippen LogP contribution in [0, 0.1) is 0 Å². The maximum Gasteiger partial charge on any atom is 0.214 e. The monoisotopic (exact) mass is 286 g/mol. The van der Waals surface area contributed by atoms with Gasteiger partial charge in [-0.05, 0) is 25.0 Å². The van der Waals surface area contributed by atoms with Gasteiger partial charge in [0.1, 0.15) is 0 Å². The molecular formula is C13H22N2O3S. The van der Waals surface area contributed by atoms with E-state index in [0.29, 0.717) is 0 Å². The lowest BCUT2D eigenvalue weighted by Crippen LogP contribution is -2.31. The van der Waals surface area contributed by atoms with Crippen LogP contribution in [0.2, 0.25) is 0 Å². The van der Waals surface area contributed by atoms with Crippen LogP contribution >= 0.6 is 0 Å². The maximum atomic E-state index is 11.7. The van der Waals surface area contributed by atoms with Crippen molar-refractivity contribution in [2.24, 2.45) is 5.73 Å². The van der Waals surface area contributed by atoms with Crippen molar-refractivity contribution in [3.05, 3.63) is 35.4 Å². The van der Waals surface area contributed by atoms with Gasteiger partial charge in [0.2, 0.25) is 10.0 Å². The summed E-state index contributed by atoms with van der Waals surface area (Å²) in [6, 6.07) is 7.55. The van der Waals surface area contributed by atoms with Crippen molar-refractivity contribution in [3.63, 3.8) is 0 Å². The van der Waals surface area contributed by atoms with E-state index in [-0.39, 0.29) is 24.4 Å². The van der Waals surface area contributed by atoms with Crippen LogP contribution in [-0.4, -0.2) is 27.4 Å². The van der Waals surface area contributed by atoms with Crippen molar-refractivity contribution in [3.8, 4) is 0 Å². The van der Waals surface area contributed by atoms with E-state index < -0.39 is 10.0 Å². The van der Waals surface area contributed by atoms with Gasteiger partial charge in [0.05, 0.1) is 11.9 Å². The summed E-state index contributed by atoms with van der Waals surface area (Å²) < 4.78 is 31.0. The quantitative estimate of drug-likeness (QED) is 0.788. The minimum atomic E-state index is -3.32.